The number of nitro groups is 1. The number of halogens is 1. The molecule has 0 N–H and O–H groups in total. The summed E-state index contributed by atoms with van der Waals surface area (Å²) in [5.74, 6) is -0.908. The molecule has 0 aliphatic carbocycles. The molecular formula is C18H20ClN3O6. The Morgan fingerprint density at radius 2 is 2.11 bits per heavy atom. The zero-order valence-corrected chi connectivity index (χ0v) is 16.3. The predicted octanol–water partition coefficient (Wildman–Crippen LogP) is 3.86. The summed E-state index contributed by atoms with van der Waals surface area (Å²) in [5, 5.41) is 11.0. The van der Waals surface area contributed by atoms with E-state index in [1.165, 1.54) is 24.1 Å². The lowest BCUT2D eigenvalue weighted by molar-refractivity contribution is -0.384. The van der Waals surface area contributed by atoms with Crippen LogP contribution in [0, 0.1) is 10.1 Å². The molecule has 0 bridgehead atoms. The van der Waals surface area contributed by atoms with Gasteiger partial charge in [0, 0.05) is 18.2 Å². The lowest BCUT2D eigenvalue weighted by Crippen LogP contribution is -2.31. The molecular weight excluding hydrogens is 390 g/mol. The first-order valence-corrected chi connectivity index (χ1v) is 9.01. The smallest absolute Gasteiger partial charge is 0.360 e. The van der Waals surface area contributed by atoms with E-state index in [2.05, 4.69) is 9.72 Å². The van der Waals surface area contributed by atoms with Gasteiger partial charge in [-0.25, -0.2) is 9.78 Å². The number of benzene rings is 1. The van der Waals surface area contributed by atoms with Crippen LogP contribution in [0.15, 0.2) is 28.9 Å². The van der Waals surface area contributed by atoms with Crippen molar-refractivity contribution in [2.75, 3.05) is 13.7 Å². The number of esters is 1. The first-order chi connectivity index (χ1) is 13.4. The van der Waals surface area contributed by atoms with E-state index in [0.717, 1.165) is 31.6 Å². The van der Waals surface area contributed by atoms with E-state index in [9.17, 15) is 19.7 Å². The first kappa shape index (κ1) is 21.4. The highest BCUT2D eigenvalue weighted by Gasteiger charge is 2.23. The van der Waals surface area contributed by atoms with E-state index in [1.807, 2.05) is 6.92 Å². The number of rotatable bonds is 9. The molecule has 1 amide bonds. The van der Waals surface area contributed by atoms with Crippen LogP contribution in [-0.4, -0.2) is 40.3 Å². The van der Waals surface area contributed by atoms with Gasteiger partial charge in [0.15, 0.2) is 5.69 Å². The summed E-state index contributed by atoms with van der Waals surface area (Å²) in [5.41, 5.74) is -0.210. The van der Waals surface area contributed by atoms with E-state index in [0.29, 0.717) is 6.54 Å². The van der Waals surface area contributed by atoms with Crippen LogP contribution < -0.4 is 0 Å². The summed E-state index contributed by atoms with van der Waals surface area (Å²) >= 11 is 5.82. The molecule has 9 nitrogen and oxygen atoms in total. The van der Waals surface area contributed by atoms with Crippen molar-refractivity contribution >= 4 is 29.2 Å². The number of nitrogens with zero attached hydrogens (tertiary/aromatic N) is 3. The summed E-state index contributed by atoms with van der Waals surface area (Å²) in [6.07, 6.45) is 3.76. The minimum atomic E-state index is -0.646. The van der Waals surface area contributed by atoms with E-state index < -0.39 is 16.8 Å². The monoisotopic (exact) mass is 409 g/mol. The first-order valence-electron chi connectivity index (χ1n) is 8.63. The molecule has 0 aliphatic heterocycles. The molecule has 0 spiro atoms. The zero-order chi connectivity index (χ0) is 20.7. The second-order valence-corrected chi connectivity index (χ2v) is 6.38. The Morgan fingerprint density at radius 3 is 2.75 bits per heavy atom. The normalized spacial score (nSPS) is 10.5. The number of aromatic nitrogens is 1. The van der Waals surface area contributed by atoms with Gasteiger partial charge in [0.1, 0.15) is 11.3 Å². The number of hydrogen-bond donors (Lipinski definition) is 0. The van der Waals surface area contributed by atoms with Crippen molar-refractivity contribution in [3.8, 4) is 0 Å². The number of amides is 1. The third-order valence-electron chi connectivity index (χ3n) is 3.98. The lowest BCUT2D eigenvalue weighted by atomic mass is 10.1. The fraction of sp³-hybridized carbons (Fsp3) is 0.389. The zero-order valence-electron chi connectivity index (χ0n) is 15.5. The third-order valence-corrected chi connectivity index (χ3v) is 4.30. The molecule has 2 rings (SSSR count). The van der Waals surface area contributed by atoms with Crippen LogP contribution >= 0.6 is 11.6 Å². The standard InChI is InChI=1S/C18H20ClN3O6/c1-3-4-5-8-21(10-16-20-14(11-28-16)18(24)27-2)17(23)12-6-7-13(19)15(9-12)22(25)26/h6-7,9,11H,3-5,8,10H2,1-2H3. The Kier molecular flexibility index (Phi) is 7.51. The van der Waals surface area contributed by atoms with Crippen LogP contribution in [0.5, 0.6) is 0 Å². The van der Waals surface area contributed by atoms with Gasteiger partial charge in [0.2, 0.25) is 5.89 Å². The molecule has 0 atom stereocenters. The molecule has 28 heavy (non-hydrogen) atoms. The van der Waals surface area contributed by atoms with Crippen LogP contribution in [0.1, 0.15) is 52.9 Å². The topological polar surface area (TPSA) is 116 Å². The van der Waals surface area contributed by atoms with E-state index in [1.54, 1.807) is 0 Å². The average molecular weight is 410 g/mol. The summed E-state index contributed by atoms with van der Waals surface area (Å²) in [7, 11) is 1.23. The Labute approximate surface area is 166 Å². The van der Waals surface area contributed by atoms with Crippen molar-refractivity contribution < 1.29 is 23.7 Å². The Hall–Kier alpha value is -2.94. The third kappa shape index (κ3) is 5.29. The fourth-order valence-corrected chi connectivity index (χ4v) is 2.70. The van der Waals surface area contributed by atoms with Gasteiger partial charge < -0.3 is 14.1 Å². The van der Waals surface area contributed by atoms with E-state index in [-0.39, 0.29) is 34.4 Å². The van der Waals surface area contributed by atoms with Crippen LogP contribution in [-0.2, 0) is 11.3 Å². The summed E-state index contributed by atoms with van der Waals surface area (Å²) in [6.45, 7) is 2.44. The van der Waals surface area contributed by atoms with Crippen molar-refractivity contribution in [1.29, 1.82) is 0 Å². The molecule has 0 aliphatic rings. The maximum atomic E-state index is 12.9. The summed E-state index contributed by atoms with van der Waals surface area (Å²) in [4.78, 5) is 40.4. The average Bonchev–Trinajstić information content (AvgIpc) is 3.15. The molecule has 150 valence electrons. The number of hydrogen-bond acceptors (Lipinski definition) is 7. The van der Waals surface area contributed by atoms with Gasteiger partial charge in [-0.1, -0.05) is 31.4 Å². The molecule has 10 heteroatoms. The molecule has 0 radical (unpaired) electrons. The quantitative estimate of drug-likeness (QED) is 0.267. The molecule has 2 aromatic rings. The number of carbonyl (C=O) groups excluding carboxylic acids is 2. The van der Waals surface area contributed by atoms with Gasteiger partial charge in [0.25, 0.3) is 11.6 Å². The highest BCUT2D eigenvalue weighted by molar-refractivity contribution is 6.32. The second-order valence-electron chi connectivity index (χ2n) is 5.98. The number of unbranched alkanes of at least 4 members (excludes halogenated alkanes) is 2. The van der Waals surface area contributed by atoms with Gasteiger partial charge in [-0.3, -0.25) is 14.9 Å². The van der Waals surface area contributed by atoms with E-state index >= 15 is 0 Å². The number of ether oxygens (including phenoxy) is 1. The Morgan fingerprint density at radius 1 is 1.36 bits per heavy atom. The van der Waals surface area contributed by atoms with Crippen molar-refractivity contribution in [3.05, 3.63) is 56.7 Å². The Balaban J connectivity index is 2.25. The van der Waals surface area contributed by atoms with Crippen molar-refractivity contribution in [2.24, 2.45) is 0 Å². The molecule has 1 heterocycles. The molecule has 0 unspecified atom stereocenters. The largest absolute Gasteiger partial charge is 0.464 e. The van der Waals surface area contributed by atoms with Crippen molar-refractivity contribution in [2.45, 2.75) is 32.7 Å². The molecule has 1 aromatic carbocycles. The molecule has 1 aromatic heterocycles. The van der Waals surface area contributed by atoms with Crippen molar-refractivity contribution in [3.63, 3.8) is 0 Å². The van der Waals surface area contributed by atoms with Gasteiger partial charge in [-0.2, -0.15) is 0 Å². The minimum absolute atomic E-state index is 0.000544. The predicted molar refractivity (Wildman–Crippen MR) is 100 cm³/mol. The van der Waals surface area contributed by atoms with Crippen molar-refractivity contribution in [1.82, 2.24) is 9.88 Å². The number of oxazole rings is 1. The van der Waals surface area contributed by atoms with Gasteiger partial charge in [-0.05, 0) is 18.6 Å². The molecule has 0 saturated carbocycles. The van der Waals surface area contributed by atoms with Crippen LogP contribution in [0.4, 0.5) is 5.69 Å². The minimum Gasteiger partial charge on any atom is -0.464 e. The lowest BCUT2D eigenvalue weighted by Gasteiger charge is -2.21. The highest BCUT2D eigenvalue weighted by atomic mass is 35.5. The van der Waals surface area contributed by atoms with E-state index in [4.69, 9.17) is 16.0 Å². The summed E-state index contributed by atoms with van der Waals surface area (Å²) in [6, 6.07) is 3.89. The highest BCUT2D eigenvalue weighted by Crippen LogP contribution is 2.26. The SMILES string of the molecule is CCCCCN(Cc1nc(C(=O)OC)co1)C(=O)c1ccc(Cl)c([N+](=O)[O-])c1. The number of nitro benzene ring substituents is 1. The maximum absolute atomic E-state index is 12.9. The van der Waals surface area contributed by atoms with Gasteiger partial charge in [-0.15, -0.1) is 0 Å². The second kappa shape index (κ2) is 9.84. The van der Waals surface area contributed by atoms with Crippen LogP contribution in [0.25, 0.3) is 0 Å². The molecule has 0 saturated heterocycles. The Bertz CT molecular complexity index is 867. The maximum Gasteiger partial charge on any atom is 0.360 e. The van der Waals surface area contributed by atoms with Crippen LogP contribution in [0.3, 0.4) is 0 Å². The fourth-order valence-electron chi connectivity index (χ4n) is 2.52. The molecule has 0 fully saturated rings. The van der Waals surface area contributed by atoms with Gasteiger partial charge in [0.05, 0.1) is 18.6 Å². The van der Waals surface area contributed by atoms with Crippen LogP contribution in [0.2, 0.25) is 5.02 Å². The number of methoxy groups -OCH3 is 1. The van der Waals surface area contributed by atoms with Gasteiger partial charge >= 0.3 is 5.97 Å². The summed E-state index contributed by atoms with van der Waals surface area (Å²) < 4.78 is 9.84. The number of carbonyl (C=O) groups is 2.